The lowest BCUT2D eigenvalue weighted by molar-refractivity contribution is 0.0600. The van der Waals surface area contributed by atoms with E-state index in [1.807, 2.05) is 0 Å². The van der Waals surface area contributed by atoms with Gasteiger partial charge in [-0.05, 0) is 56.5 Å². The molecule has 0 saturated carbocycles. The Kier molecular flexibility index (Phi) is 5.43. The molecule has 2 aromatic heterocycles. The first-order valence-electron chi connectivity index (χ1n) is 11.2. The highest BCUT2D eigenvalue weighted by atomic mass is 32.1. The van der Waals surface area contributed by atoms with Crippen LogP contribution in [0.15, 0.2) is 29.1 Å². The van der Waals surface area contributed by atoms with E-state index in [4.69, 9.17) is 4.98 Å². The molecule has 0 atom stereocenters. The van der Waals surface area contributed by atoms with E-state index in [0.29, 0.717) is 28.9 Å². The van der Waals surface area contributed by atoms with Crippen molar-refractivity contribution in [3.63, 3.8) is 0 Å². The molecule has 0 N–H and O–H groups in total. The molecule has 7 nitrogen and oxygen atoms in total. The van der Waals surface area contributed by atoms with Crippen molar-refractivity contribution in [3.05, 3.63) is 62.0 Å². The van der Waals surface area contributed by atoms with Crippen LogP contribution in [0, 0.1) is 0 Å². The average molecular weight is 451 g/mol. The Morgan fingerprint density at radius 1 is 1.00 bits per heavy atom. The van der Waals surface area contributed by atoms with Gasteiger partial charge in [-0.25, -0.2) is 4.98 Å². The average Bonchev–Trinajstić information content (AvgIpc) is 3.30. The van der Waals surface area contributed by atoms with Crippen LogP contribution in [-0.2, 0) is 26.1 Å². The number of aryl methyl sites for hydroxylation is 2. The van der Waals surface area contributed by atoms with Gasteiger partial charge in [-0.15, -0.1) is 11.3 Å². The minimum atomic E-state index is -0.362. The molecule has 2 aliphatic rings. The number of rotatable bonds is 6. The molecule has 1 aromatic carbocycles. The lowest BCUT2D eigenvalue weighted by Gasteiger charge is -2.23. The van der Waals surface area contributed by atoms with Crippen molar-refractivity contribution in [1.82, 2.24) is 19.4 Å². The molecule has 0 radical (unpaired) electrons. The van der Waals surface area contributed by atoms with Crippen molar-refractivity contribution < 1.29 is 9.59 Å². The van der Waals surface area contributed by atoms with E-state index in [0.717, 1.165) is 49.2 Å². The molecular formula is C24H26N4O3S. The summed E-state index contributed by atoms with van der Waals surface area (Å²) in [5.41, 5.74) is 1.74. The number of benzene rings is 1. The minimum Gasteiger partial charge on any atom is -0.297 e. The van der Waals surface area contributed by atoms with Crippen LogP contribution in [0.2, 0.25) is 0 Å². The quantitative estimate of drug-likeness (QED) is 0.538. The second kappa shape index (κ2) is 8.26. The maximum atomic E-state index is 13.8. The van der Waals surface area contributed by atoms with Crippen LogP contribution in [0.4, 0.5) is 0 Å². The molecule has 3 heterocycles. The lowest BCUT2D eigenvalue weighted by atomic mass is 9.97. The van der Waals surface area contributed by atoms with Crippen LogP contribution in [0.1, 0.15) is 63.7 Å². The van der Waals surface area contributed by atoms with Gasteiger partial charge < -0.3 is 0 Å². The Morgan fingerprint density at radius 3 is 2.31 bits per heavy atom. The van der Waals surface area contributed by atoms with Gasteiger partial charge in [-0.2, -0.15) is 0 Å². The van der Waals surface area contributed by atoms with Crippen LogP contribution in [-0.4, -0.2) is 44.3 Å². The summed E-state index contributed by atoms with van der Waals surface area (Å²) in [6, 6.07) is 6.81. The SMILES string of the molecule is CCN(CC)Cc1nc2sc3c(c2c(=O)n1CN1C(=O)c2ccccc2C1=O)CCCC3. The first-order chi connectivity index (χ1) is 15.5. The fourth-order valence-corrected chi connectivity index (χ4v) is 5.97. The van der Waals surface area contributed by atoms with E-state index in [-0.39, 0.29) is 24.0 Å². The summed E-state index contributed by atoms with van der Waals surface area (Å²) < 4.78 is 1.55. The predicted octanol–water partition coefficient (Wildman–Crippen LogP) is 3.43. The van der Waals surface area contributed by atoms with E-state index >= 15 is 0 Å². The van der Waals surface area contributed by atoms with Crippen LogP contribution in [0.25, 0.3) is 10.2 Å². The number of fused-ring (bicyclic) bond motifs is 4. The highest BCUT2D eigenvalue weighted by molar-refractivity contribution is 7.18. The van der Waals surface area contributed by atoms with Crippen molar-refractivity contribution in [1.29, 1.82) is 0 Å². The van der Waals surface area contributed by atoms with Gasteiger partial charge in [0.2, 0.25) is 0 Å². The number of nitrogens with zero attached hydrogens (tertiary/aromatic N) is 4. The Labute approximate surface area is 190 Å². The zero-order valence-electron chi connectivity index (χ0n) is 18.4. The molecule has 0 fully saturated rings. The van der Waals surface area contributed by atoms with Gasteiger partial charge >= 0.3 is 0 Å². The molecule has 0 bridgehead atoms. The molecular weight excluding hydrogens is 424 g/mol. The predicted molar refractivity (Wildman–Crippen MR) is 124 cm³/mol. The van der Waals surface area contributed by atoms with E-state index in [2.05, 4.69) is 18.7 Å². The van der Waals surface area contributed by atoms with Crippen LogP contribution in [0.5, 0.6) is 0 Å². The van der Waals surface area contributed by atoms with Gasteiger partial charge in [0, 0.05) is 4.88 Å². The lowest BCUT2D eigenvalue weighted by Crippen LogP contribution is -2.39. The summed E-state index contributed by atoms with van der Waals surface area (Å²) in [6.07, 6.45) is 4.07. The van der Waals surface area contributed by atoms with Gasteiger partial charge in [0.15, 0.2) is 0 Å². The fourth-order valence-electron chi connectivity index (χ4n) is 4.70. The second-order valence-corrected chi connectivity index (χ2v) is 9.42. The molecule has 0 saturated heterocycles. The number of thiophene rings is 1. The number of aromatic nitrogens is 2. The van der Waals surface area contributed by atoms with Crippen molar-refractivity contribution in [2.24, 2.45) is 0 Å². The number of hydrogen-bond acceptors (Lipinski definition) is 6. The highest BCUT2D eigenvalue weighted by Crippen LogP contribution is 2.34. The molecule has 3 aromatic rings. The molecule has 0 spiro atoms. The van der Waals surface area contributed by atoms with Crippen molar-refractivity contribution in [3.8, 4) is 0 Å². The van der Waals surface area contributed by atoms with Crippen LogP contribution in [0.3, 0.4) is 0 Å². The highest BCUT2D eigenvalue weighted by Gasteiger charge is 2.36. The summed E-state index contributed by atoms with van der Waals surface area (Å²) in [7, 11) is 0. The molecule has 5 rings (SSSR count). The molecule has 0 unspecified atom stereocenters. The number of imide groups is 1. The monoisotopic (exact) mass is 450 g/mol. The molecule has 166 valence electrons. The molecule has 2 amide bonds. The minimum absolute atomic E-state index is 0.116. The fraction of sp³-hybridized carbons (Fsp3) is 0.417. The van der Waals surface area contributed by atoms with Gasteiger partial charge in [-0.1, -0.05) is 26.0 Å². The summed E-state index contributed by atoms with van der Waals surface area (Å²) >= 11 is 1.62. The molecule has 1 aliphatic heterocycles. The zero-order valence-corrected chi connectivity index (χ0v) is 19.2. The van der Waals surface area contributed by atoms with E-state index in [1.54, 1.807) is 40.2 Å². The third-order valence-electron chi connectivity index (χ3n) is 6.57. The van der Waals surface area contributed by atoms with Gasteiger partial charge in [0.1, 0.15) is 17.3 Å². The summed E-state index contributed by atoms with van der Waals surface area (Å²) in [5.74, 6) is -0.126. The Bertz CT molecular complexity index is 1250. The molecule has 32 heavy (non-hydrogen) atoms. The number of hydrogen-bond donors (Lipinski definition) is 0. The Morgan fingerprint density at radius 2 is 1.66 bits per heavy atom. The first kappa shape index (κ1) is 21.0. The molecule has 1 aliphatic carbocycles. The van der Waals surface area contributed by atoms with Gasteiger partial charge in [-0.3, -0.25) is 28.8 Å². The Balaban J connectivity index is 1.63. The van der Waals surface area contributed by atoms with Gasteiger partial charge in [0.05, 0.1) is 23.1 Å². The second-order valence-electron chi connectivity index (χ2n) is 8.34. The van der Waals surface area contributed by atoms with E-state index in [9.17, 15) is 14.4 Å². The summed E-state index contributed by atoms with van der Waals surface area (Å²) in [5, 5.41) is 0.671. The van der Waals surface area contributed by atoms with Crippen molar-refractivity contribution in [2.45, 2.75) is 52.7 Å². The van der Waals surface area contributed by atoms with E-state index in [1.165, 1.54) is 9.78 Å². The molecule has 8 heteroatoms. The maximum absolute atomic E-state index is 13.8. The normalized spacial score (nSPS) is 15.7. The third-order valence-corrected chi connectivity index (χ3v) is 7.76. The first-order valence-corrected chi connectivity index (χ1v) is 12.1. The number of carbonyl (C=O) groups is 2. The standard InChI is InChI=1S/C24H26N4O3S/c1-3-26(4-2)13-19-25-21-20(17-11-7-8-12-18(17)32-21)24(31)27(19)14-28-22(29)15-9-5-6-10-16(15)23(28)30/h5-6,9-10H,3-4,7-8,11-14H2,1-2H3. The largest absolute Gasteiger partial charge is 0.297 e. The topological polar surface area (TPSA) is 75.5 Å². The smallest absolute Gasteiger partial charge is 0.264 e. The van der Waals surface area contributed by atoms with Crippen LogP contribution >= 0.6 is 11.3 Å². The zero-order chi connectivity index (χ0) is 22.4. The maximum Gasteiger partial charge on any atom is 0.264 e. The van der Waals surface area contributed by atoms with Crippen molar-refractivity contribution >= 4 is 33.4 Å². The van der Waals surface area contributed by atoms with E-state index < -0.39 is 0 Å². The third kappa shape index (κ3) is 3.29. The Hall–Kier alpha value is -2.84. The summed E-state index contributed by atoms with van der Waals surface area (Å²) in [4.78, 5) is 50.0. The van der Waals surface area contributed by atoms with Gasteiger partial charge in [0.25, 0.3) is 17.4 Å². The summed E-state index contributed by atoms with van der Waals surface area (Å²) in [6.45, 7) is 6.15. The number of carbonyl (C=O) groups excluding carboxylic acids is 2. The van der Waals surface area contributed by atoms with Crippen LogP contribution < -0.4 is 5.56 Å². The number of amides is 2. The van der Waals surface area contributed by atoms with Crippen molar-refractivity contribution in [2.75, 3.05) is 13.1 Å².